The second kappa shape index (κ2) is 26.5. The van der Waals surface area contributed by atoms with Gasteiger partial charge in [-0.15, -0.1) is 0 Å². The molecule has 7 aromatic rings. The van der Waals surface area contributed by atoms with Crippen LogP contribution in [0.1, 0.15) is 11.9 Å². The molecule has 5 heterocycles. The zero-order valence-corrected chi connectivity index (χ0v) is 48.2. The van der Waals surface area contributed by atoms with Gasteiger partial charge in [0.1, 0.15) is 22.9 Å². The molecule has 0 aliphatic carbocycles. The average Bonchev–Trinajstić information content (AvgIpc) is 3.32. The van der Waals surface area contributed by atoms with E-state index in [4.69, 9.17) is 24.3 Å². The van der Waals surface area contributed by atoms with Crippen LogP contribution in [0.15, 0.2) is 116 Å². The maximum atomic E-state index is 11.8. The fourth-order valence-corrected chi connectivity index (χ4v) is 6.64. The molecule has 0 bridgehead atoms. The summed E-state index contributed by atoms with van der Waals surface area (Å²) >= 11 is 0. The third-order valence-electron chi connectivity index (χ3n) is 9.59. The summed E-state index contributed by atoms with van der Waals surface area (Å²) in [6.07, 6.45) is 5.01. The molecule has 320 valence electrons. The molecule has 2 aliphatic heterocycles. The molecule has 0 saturated carbocycles. The normalized spacial score (nSPS) is 13.0. The predicted molar refractivity (Wildman–Crippen MR) is 232 cm³/mol. The van der Waals surface area contributed by atoms with Gasteiger partial charge in [0.25, 0.3) is 12.4 Å². The predicted octanol–water partition coefficient (Wildman–Crippen LogP) is -0.772. The summed E-state index contributed by atoms with van der Waals surface area (Å²) in [7, 11) is 1.56. The van der Waals surface area contributed by atoms with Gasteiger partial charge in [0.15, 0.2) is 0 Å². The smallest absolute Gasteiger partial charge is 1.00 e. The van der Waals surface area contributed by atoms with Crippen LogP contribution in [0, 0.1) is 0 Å². The van der Waals surface area contributed by atoms with E-state index in [-0.39, 0.29) is 163 Å². The maximum absolute atomic E-state index is 11.8. The zero-order valence-electron chi connectivity index (χ0n) is 36.6. The molecule has 1 amide bonds. The first kappa shape index (κ1) is 51.4. The molecule has 9 rings (SSSR count). The van der Waals surface area contributed by atoms with E-state index < -0.39 is 0 Å². The number of nitrogens with one attached hydrogen (secondary N) is 3. The molecule has 0 unspecified atom stereocenters. The second-order valence-corrected chi connectivity index (χ2v) is 13.6. The first-order valence-corrected chi connectivity index (χ1v) is 19.6. The molecule has 0 atom stereocenters. The van der Waals surface area contributed by atoms with Crippen LogP contribution in [-0.2, 0) is 19.2 Å². The Labute approximate surface area is 488 Å². The van der Waals surface area contributed by atoms with Crippen LogP contribution in [0.4, 0.5) is 34.6 Å². The molecule has 0 radical (unpaired) electrons. The number of phenolic OH excluding ortho intramolecular Hbond substituents is 1. The van der Waals surface area contributed by atoms with Crippen molar-refractivity contribution >= 4 is 68.8 Å². The number of rotatable bonds is 10. The van der Waals surface area contributed by atoms with Gasteiger partial charge in [-0.1, -0.05) is 24.3 Å². The van der Waals surface area contributed by atoms with Crippen LogP contribution < -0.4 is 174 Å². The summed E-state index contributed by atoms with van der Waals surface area (Å²) in [6, 6.07) is 30.2. The molecule has 2 saturated heterocycles. The van der Waals surface area contributed by atoms with Gasteiger partial charge in [0.2, 0.25) is 11.9 Å². The number of pyridine rings is 1. The number of para-hydroxylation sites is 4. The van der Waals surface area contributed by atoms with Crippen LogP contribution in [0.5, 0.6) is 17.2 Å². The van der Waals surface area contributed by atoms with Crippen LogP contribution in [0.3, 0.4) is 0 Å². The van der Waals surface area contributed by atoms with Crippen molar-refractivity contribution in [2.45, 2.75) is 0 Å². The van der Waals surface area contributed by atoms with Gasteiger partial charge in [-0.25, -0.2) is 19.9 Å². The molecule has 0 spiro atoms. The van der Waals surface area contributed by atoms with E-state index in [9.17, 15) is 9.90 Å². The number of nitrogens with zero attached hydrogens (tertiary/aromatic N) is 7. The summed E-state index contributed by atoms with van der Waals surface area (Å²) in [4.78, 5) is 49.7. The first-order valence-electron chi connectivity index (χ1n) is 19.6. The maximum Gasteiger partial charge on any atom is 1.00 e. The third-order valence-corrected chi connectivity index (χ3v) is 9.59. The Morgan fingerprint density at radius 3 is 1.75 bits per heavy atom. The summed E-state index contributed by atoms with van der Waals surface area (Å²) in [5.74, 6) is 2.13. The minimum absolute atomic E-state index is 0. The number of hydrogen-bond donors (Lipinski definition) is 4. The van der Waals surface area contributed by atoms with Gasteiger partial charge < -0.3 is 56.6 Å². The van der Waals surface area contributed by atoms with E-state index in [1.807, 2.05) is 54.6 Å². The van der Waals surface area contributed by atoms with Crippen molar-refractivity contribution in [3.63, 3.8) is 0 Å². The van der Waals surface area contributed by atoms with Gasteiger partial charge in [-0.2, -0.15) is 0 Å². The van der Waals surface area contributed by atoms with Gasteiger partial charge >= 0.3 is 138 Å². The number of ether oxygens (including phenoxy) is 3. The molecule has 4 N–H and O–H groups in total. The van der Waals surface area contributed by atoms with E-state index in [1.54, 1.807) is 49.8 Å². The van der Waals surface area contributed by atoms with Crippen molar-refractivity contribution in [1.82, 2.24) is 30.2 Å². The Kier molecular flexibility index (Phi) is 21.3. The monoisotopic (exact) mass is 1110 g/mol. The topological polar surface area (TPSA) is 221 Å². The Bertz CT molecular complexity index is 2630. The number of hydrogen-bond acceptors (Lipinski definition) is 17. The average molecular weight is 1110 g/mol. The summed E-state index contributed by atoms with van der Waals surface area (Å²) in [5, 5.41) is 28.8. The minimum atomic E-state index is -0.271. The van der Waals surface area contributed by atoms with Crippen LogP contribution in [-0.4, -0.2) is 102 Å². The minimum Gasteiger partial charge on any atom is -1.00 e. The Hall–Kier alpha value is -3.57. The number of fused-ring (bicyclic) bond motifs is 2. The SMILES string of the molecule is CNC(=O)c1cc(Oc2ccc3nc(Nc4ccccc4N4CCOCC4)ncc3c2)ccn1.O=CO[O-].Oc1ccc2nc(Nc3ccccc3N3CCOCC3)ncc2c1.[Cs+].[Cs+].[H-]. The fourth-order valence-electron chi connectivity index (χ4n) is 6.64. The van der Waals surface area contributed by atoms with Crippen molar-refractivity contribution in [3.8, 4) is 17.2 Å². The number of morpholine rings is 2. The molecule has 4 aromatic carbocycles. The van der Waals surface area contributed by atoms with Gasteiger partial charge in [0, 0.05) is 68.7 Å². The van der Waals surface area contributed by atoms with Crippen LogP contribution >= 0.6 is 0 Å². The molecule has 18 nitrogen and oxygen atoms in total. The van der Waals surface area contributed by atoms with E-state index >= 15 is 0 Å². The fraction of sp³-hybridized carbons (Fsp3) is 0.205. The van der Waals surface area contributed by atoms with Crippen LogP contribution in [0.2, 0.25) is 0 Å². The molecule has 3 aromatic heterocycles. The number of benzene rings is 4. The van der Waals surface area contributed by atoms with Gasteiger partial charge in [0.05, 0.1) is 60.2 Å². The summed E-state index contributed by atoms with van der Waals surface area (Å²) in [5.41, 5.74) is 6.01. The van der Waals surface area contributed by atoms with Crippen molar-refractivity contribution < 1.29 is 178 Å². The van der Waals surface area contributed by atoms with Crippen molar-refractivity contribution in [1.29, 1.82) is 0 Å². The Morgan fingerprint density at radius 2 is 1.22 bits per heavy atom. The Morgan fingerprint density at radius 1 is 0.719 bits per heavy atom. The molecule has 2 aliphatic rings. The number of phenols is 1. The van der Waals surface area contributed by atoms with Crippen LogP contribution in [0.25, 0.3) is 21.8 Å². The standard InChI is InChI=1S/C25H24N6O3.C18H18N4O2.CH2O3.2Cs.H/c1-26-24(32)22-15-19(8-9-27-22)34-18-6-7-20-17(14-18)16-28-25(29-20)30-21-4-2-3-5-23(21)31-10-12-33-13-11-31;23-14-5-6-15-13(11-14)12-19-18(20-15)21-16-3-1-2-4-17(16)22-7-9-24-10-8-22;2-1-4-3;;;/h2-9,14-16H,10-13H2,1H3,(H,26,32)(H,28,29,30);1-6,11-12,23H,7-10H2,(H,19,20,21);1,3H;;;/q;;;2*+1;-1/p-1. The van der Waals surface area contributed by atoms with Crippen molar-refractivity contribution in [3.05, 3.63) is 121 Å². The molecular weight excluding hydrogens is 1060 g/mol. The molecule has 64 heavy (non-hydrogen) atoms. The van der Waals surface area contributed by atoms with Gasteiger partial charge in [-0.05, 0) is 66.7 Å². The van der Waals surface area contributed by atoms with E-state index in [2.05, 4.69) is 67.7 Å². The van der Waals surface area contributed by atoms with Crippen molar-refractivity contribution in [2.24, 2.45) is 0 Å². The van der Waals surface area contributed by atoms with Crippen molar-refractivity contribution in [2.75, 3.05) is 80.1 Å². The van der Waals surface area contributed by atoms with E-state index in [0.717, 1.165) is 97.2 Å². The molecular formula is C44H44Cs2N10O8. The number of amides is 1. The molecule has 2 fully saturated rings. The van der Waals surface area contributed by atoms with E-state index in [1.165, 1.54) is 6.20 Å². The second-order valence-electron chi connectivity index (χ2n) is 13.6. The Balaban J connectivity index is 0.000000263. The molecule has 20 heteroatoms. The number of carbonyl (C=O) groups excluding carboxylic acids is 2. The summed E-state index contributed by atoms with van der Waals surface area (Å²) in [6.45, 7) is 6.18. The number of aromatic nitrogens is 5. The largest absolute Gasteiger partial charge is 1.00 e. The number of aromatic hydroxyl groups is 1. The van der Waals surface area contributed by atoms with E-state index in [0.29, 0.717) is 23.4 Å². The zero-order chi connectivity index (χ0) is 43.1. The number of carbonyl (C=O) groups is 2. The third kappa shape index (κ3) is 14.5. The summed E-state index contributed by atoms with van der Waals surface area (Å²) < 4.78 is 16.8. The van der Waals surface area contributed by atoms with Gasteiger partial charge in [-0.3, -0.25) is 14.6 Å². The quantitative estimate of drug-likeness (QED) is 0.0751. The number of anilines is 6. The first-order chi connectivity index (χ1) is 30.4.